The normalized spacial score (nSPS) is 19.1. The molecule has 0 saturated heterocycles. The molecule has 0 fully saturated rings. The molecule has 3 N–H and O–H groups in total. The Morgan fingerprint density at radius 1 is 1.26 bits per heavy atom. The highest BCUT2D eigenvalue weighted by molar-refractivity contribution is 7.89. The summed E-state index contributed by atoms with van der Waals surface area (Å²) in [7, 11) is -1.09. The van der Waals surface area contributed by atoms with E-state index in [4.69, 9.17) is 0 Å². The van der Waals surface area contributed by atoms with Crippen molar-refractivity contribution >= 4 is 33.5 Å². The molecule has 2 heterocycles. The van der Waals surface area contributed by atoms with E-state index >= 15 is 0 Å². The van der Waals surface area contributed by atoms with Crippen LogP contribution < -0.4 is 19.5 Å². The number of benzene rings is 2. The Morgan fingerprint density at radius 3 is 2.66 bits per heavy atom. The SMILES string of the molecule is CCC(N=C1NS(=O)(=O)N=C1Nc1cccc(C(=O)N(C)C)c1O)c1ccc2c(c1)OC(F)(F)O2. The van der Waals surface area contributed by atoms with Crippen molar-refractivity contribution in [1.82, 2.24) is 9.62 Å². The molecule has 0 radical (unpaired) electrons. The van der Waals surface area contributed by atoms with E-state index in [1.807, 2.05) is 0 Å². The maximum absolute atomic E-state index is 13.4. The highest BCUT2D eigenvalue weighted by atomic mass is 32.2. The summed E-state index contributed by atoms with van der Waals surface area (Å²) in [6, 6.07) is 7.84. The van der Waals surface area contributed by atoms with Crippen LogP contribution >= 0.6 is 0 Å². The van der Waals surface area contributed by atoms with Crippen molar-refractivity contribution in [3.8, 4) is 17.2 Å². The molecule has 4 rings (SSSR count). The molecule has 2 aromatic carbocycles. The average molecular weight is 509 g/mol. The fourth-order valence-electron chi connectivity index (χ4n) is 3.44. The fourth-order valence-corrected chi connectivity index (χ4v) is 4.25. The Labute approximate surface area is 199 Å². The number of carbonyl (C=O) groups is 1. The van der Waals surface area contributed by atoms with Crippen molar-refractivity contribution in [2.75, 3.05) is 19.4 Å². The molecule has 0 spiro atoms. The van der Waals surface area contributed by atoms with Crippen LogP contribution in [0.5, 0.6) is 17.2 Å². The molecule has 2 aliphatic rings. The van der Waals surface area contributed by atoms with E-state index in [1.54, 1.807) is 6.92 Å². The predicted octanol–water partition coefficient (Wildman–Crippen LogP) is 2.62. The number of amidine groups is 2. The third kappa shape index (κ3) is 4.96. The van der Waals surface area contributed by atoms with Crippen LogP contribution in [0.4, 0.5) is 14.5 Å². The Hall–Kier alpha value is -3.94. The first-order valence-electron chi connectivity index (χ1n) is 10.3. The van der Waals surface area contributed by atoms with Gasteiger partial charge in [-0.15, -0.1) is 13.2 Å². The molecule has 0 bridgehead atoms. The molecule has 2 aliphatic heterocycles. The summed E-state index contributed by atoms with van der Waals surface area (Å²) in [6.45, 7) is 1.77. The van der Waals surface area contributed by atoms with E-state index in [1.165, 1.54) is 55.4 Å². The number of hydrogen-bond donors (Lipinski definition) is 3. The molecule has 186 valence electrons. The maximum Gasteiger partial charge on any atom is 0.586 e. The minimum Gasteiger partial charge on any atom is -0.505 e. The molecule has 11 nitrogen and oxygen atoms in total. The van der Waals surface area contributed by atoms with Gasteiger partial charge in [0.05, 0.1) is 17.3 Å². The van der Waals surface area contributed by atoms with Crippen LogP contribution in [0.15, 0.2) is 45.8 Å². The molecule has 0 saturated carbocycles. The lowest BCUT2D eigenvalue weighted by Crippen LogP contribution is -2.31. The summed E-state index contributed by atoms with van der Waals surface area (Å²) >= 11 is 0. The largest absolute Gasteiger partial charge is 0.586 e. The minimum absolute atomic E-state index is 0.00324. The standard InChI is InChI=1S/C21H21F2N5O6S/c1-4-13(11-8-9-15-16(10-11)34-21(22,23)33-15)24-18-19(27-35(31,32)26-18)25-14-7-5-6-12(17(14)29)20(30)28(2)3/h5-10,13,29H,4H2,1-3H3,(H,24,26)(H,25,27). The van der Waals surface area contributed by atoms with Crippen LogP contribution in [0.1, 0.15) is 35.3 Å². The van der Waals surface area contributed by atoms with Gasteiger partial charge in [0, 0.05) is 14.1 Å². The van der Waals surface area contributed by atoms with Gasteiger partial charge >= 0.3 is 16.5 Å². The Kier molecular flexibility index (Phi) is 6.00. The van der Waals surface area contributed by atoms with Crippen LogP contribution in [0, 0.1) is 0 Å². The van der Waals surface area contributed by atoms with E-state index in [2.05, 4.69) is 28.9 Å². The van der Waals surface area contributed by atoms with E-state index in [0.717, 1.165) is 0 Å². The van der Waals surface area contributed by atoms with Gasteiger partial charge in [-0.3, -0.25) is 9.79 Å². The monoisotopic (exact) mass is 509 g/mol. The van der Waals surface area contributed by atoms with Crippen LogP contribution in [0.25, 0.3) is 0 Å². The summed E-state index contributed by atoms with van der Waals surface area (Å²) < 4.78 is 65.7. The zero-order chi connectivity index (χ0) is 25.5. The number of nitrogens with zero attached hydrogens (tertiary/aromatic N) is 3. The summed E-state index contributed by atoms with van der Waals surface area (Å²) in [5, 5.41) is 13.3. The number of rotatable bonds is 5. The van der Waals surface area contributed by atoms with Crippen molar-refractivity contribution < 1.29 is 36.6 Å². The van der Waals surface area contributed by atoms with E-state index in [-0.39, 0.29) is 34.4 Å². The number of phenolic OH excluding ortho intramolecular Hbond substituents is 1. The van der Waals surface area contributed by atoms with Crippen molar-refractivity contribution in [3.05, 3.63) is 47.5 Å². The number of hydrogen-bond acceptors (Lipinski definition) is 8. The van der Waals surface area contributed by atoms with Crippen molar-refractivity contribution in [2.24, 2.45) is 9.39 Å². The molecule has 1 amide bonds. The van der Waals surface area contributed by atoms with Gasteiger partial charge in [0.25, 0.3) is 5.91 Å². The van der Waals surface area contributed by atoms with Gasteiger partial charge in [-0.2, -0.15) is 8.42 Å². The van der Waals surface area contributed by atoms with Crippen molar-refractivity contribution in [2.45, 2.75) is 25.7 Å². The lowest BCUT2D eigenvalue weighted by Gasteiger charge is -2.15. The quantitative estimate of drug-likeness (QED) is 0.526. The number of nitrogens with one attached hydrogen (secondary N) is 2. The number of carbonyl (C=O) groups excluding carboxylic acids is 1. The van der Waals surface area contributed by atoms with Crippen LogP contribution in [0.3, 0.4) is 0 Å². The molecule has 14 heteroatoms. The molecule has 1 unspecified atom stereocenters. The zero-order valence-electron chi connectivity index (χ0n) is 18.7. The third-order valence-electron chi connectivity index (χ3n) is 5.07. The summed E-state index contributed by atoms with van der Waals surface area (Å²) in [5.41, 5.74) is 0.491. The number of phenols is 1. The number of aromatic hydroxyl groups is 1. The van der Waals surface area contributed by atoms with Crippen molar-refractivity contribution in [3.63, 3.8) is 0 Å². The third-order valence-corrected chi connectivity index (χ3v) is 5.94. The molecule has 0 aromatic heterocycles. The second-order valence-electron chi connectivity index (χ2n) is 7.82. The highest BCUT2D eigenvalue weighted by Crippen LogP contribution is 2.42. The van der Waals surface area contributed by atoms with E-state index < -0.39 is 34.2 Å². The number of alkyl halides is 2. The van der Waals surface area contributed by atoms with Gasteiger partial charge in [-0.25, -0.2) is 4.72 Å². The predicted molar refractivity (Wildman–Crippen MR) is 122 cm³/mol. The lowest BCUT2D eigenvalue weighted by molar-refractivity contribution is -0.286. The minimum atomic E-state index is -4.13. The maximum atomic E-state index is 13.4. The van der Waals surface area contributed by atoms with Crippen LogP contribution in [-0.2, 0) is 10.2 Å². The smallest absolute Gasteiger partial charge is 0.505 e. The second-order valence-corrected chi connectivity index (χ2v) is 9.16. The number of amides is 1. The Bertz CT molecular complexity index is 1360. The highest BCUT2D eigenvalue weighted by Gasteiger charge is 2.43. The number of fused-ring (bicyclic) bond motifs is 1. The Morgan fingerprint density at radius 2 is 1.97 bits per heavy atom. The van der Waals surface area contributed by atoms with Crippen LogP contribution in [0.2, 0.25) is 0 Å². The molecular weight excluding hydrogens is 488 g/mol. The lowest BCUT2D eigenvalue weighted by atomic mass is 10.0. The fraction of sp³-hybridized carbons (Fsp3) is 0.286. The Balaban J connectivity index is 1.65. The summed E-state index contributed by atoms with van der Waals surface area (Å²) in [5.74, 6) is -1.55. The van der Waals surface area contributed by atoms with E-state index in [0.29, 0.717) is 12.0 Å². The summed E-state index contributed by atoms with van der Waals surface area (Å²) in [6.07, 6.45) is -3.41. The van der Waals surface area contributed by atoms with E-state index in [9.17, 15) is 27.1 Å². The zero-order valence-corrected chi connectivity index (χ0v) is 19.6. The molecule has 0 aliphatic carbocycles. The number of halogens is 2. The first-order chi connectivity index (χ1) is 16.4. The molecule has 1 atom stereocenters. The summed E-state index contributed by atoms with van der Waals surface area (Å²) in [4.78, 5) is 18.0. The molecular formula is C21H21F2N5O6S. The number of anilines is 1. The number of para-hydroxylation sites is 1. The average Bonchev–Trinajstić information content (AvgIpc) is 3.24. The van der Waals surface area contributed by atoms with Gasteiger partial charge in [0.15, 0.2) is 28.9 Å². The first kappa shape index (κ1) is 24.2. The van der Waals surface area contributed by atoms with Crippen LogP contribution in [-0.4, -0.2) is 56.4 Å². The first-order valence-corrected chi connectivity index (χ1v) is 11.7. The van der Waals surface area contributed by atoms with Gasteiger partial charge in [-0.1, -0.05) is 19.1 Å². The van der Waals surface area contributed by atoms with Gasteiger partial charge in [0.2, 0.25) is 0 Å². The number of ether oxygens (including phenoxy) is 2. The second kappa shape index (κ2) is 8.69. The van der Waals surface area contributed by atoms with Crippen molar-refractivity contribution in [1.29, 1.82) is 0 Å². The molecule has 35 heavy (non-hydrogen) atoms. The van der Waals surface area contributed by atoms with Gasteiger partial charge in [0.1, 0.15) is 0 Å². The van der Waals surface area contributed by atoms with Gasteiger partial charge in [-0.05, 0) is 36.2 Å². The topological polar surface area (TPSA) is 142 Å². The van der Waals surface area contributed by atoms with Gasteiger partial charge < -0.3 is 24.8 Å². The molecule has 2 aromatic rings. The number of aliphatic imine (C=N–C) groups is 1.